The second-order valence-electron chi connectivity index (χ2n) is 5.58. The van der Waals surface area contributed by atoms with Gasteiger partial charge in [0.25, 0.3) is 0 Å². The highest BCUT2D eigenvalue weighted by atomic mass is 35.5. The topological polar surface area (TPSA) is 66.4 Å². The van der Waals surface area contributed by atoms with E-state index in [1.54, 1.807) is 24.3 Å². The van der Waals surface area contributed by atoms with Crippen molar-refractivity contribution < 1.29 is 14.7 Å². The number of carboxylic acids is 1. The molecule has 0 radical (unpaired) electrons. The SMILES string of the molecule is O=C(CCc1ccc(C(=O)O)cc1)NCCCc1ccc(Cl)cc1. The minimum absolute atomic E-state index is 0.00779. The Hall–Kier alpha value is -2.33. The van der Waals surface area contributed by atoms with Crippen LogP contribution in [0.5, 0.6) is 0 Å². The summed E-state index contributed by atoms with van der Waals surface area (Å²) in [4.78, 5) is 22.6. The van der Waals surface area contributed by atoms with Crippen molar-refractivity contribution in [3.8, 4) is 0 Å². The molecule has 2 aromatic rings. The van der Waals surface area contributed by atoms with Crippen LogP contribution >= 0.6 is 11.6 Å². The lowest BCUT2D eigenvalue weighted by molar-refractivity contribution is -0.121. The maximum Gasteiger partial charge on any atom is 0.335 e. The standard InChI is InChI=1S/C19H20ClNO3/c20-17-10-5-14(6-11-17)2-1-13-21-18(22)12-7-15-3-8-16(9-4-15)19(23)24/h3-6,8-11H,1-2,7,12-13H2,(H,21,22)(H,23,24). The highest BCUT2D eigenvalue weighted by Crippen LogP contribution is 2.11. The quantitative estimate of drug-likeness (QED) is 0.716. The molecule has 2 rings (SSSR count). The number of carbonyl (C=O) groups is 2. The molecule has 24 heavy (non-hydrogen) atoms. The lowest BCUT2D eigenvalue weighted by Crippen LogP contribution is -2.24. The van der Waals surface area contributed by atoms with Gasteiger partial charge >= 0.3 is 5.97 Å². The fourth-order valence-corrected chi connectivity index (χ4v) is 2.46. The zero-order valence-corrected chi connectivity index (χ0v) is 14.1. The summed E-state index contributed by atoms with van der Waals surface area (Å²) in [5, 5.41) is 12.5. The number of hydrogen-bond donors (Lipinski definition) is 2. The molecule has 0 fully saturated rings. The summed E-state index contributed by atoms with van der Waals surface area (Å²) in [6.45, 7) is 0.638. The number of benzene rings is 2. The summed E-state index contributed by atoms with van der Waals surface area (Å²) >= 11 is 5.84. The first kappa shape index (κ1) is 18.0. The van der Waals surface area contributed by atoms with E-state index in [0.717, 1.165) is 23.4 Å². The van der Waals surface area contributed by atoms with Gasteiger partial charge in [0.2, 0.25) is 5.91 Å². The Morgan fingerprint density at radius 2 is 1.50 bits per heavy atom. The van der Waals surface area contributed by atoms with E-state index < -0.39 is 5.97 Å². The van der Waals surface area contributed by atoms with Gasteiger partial charge in [-0.05, 0) is 54.7 Å². The van der Waals surface area contributed by atoms with Gasteiger partial charge in [-0.15, -0.1) is 0 Å². The van der Waals surface area contributed by atoms with Gasteiger partial charge < -0.3 is 10.4 Å². The summed E-state index contributed by atoms with van der Waals surface area (Å²) in [6, 6.07) is 14.3. The highest BCUT2D eigenvalue weighted by Gasteiger charge is 2.04. The Morgan fingerprint density at radius 3 is 2.12 bits per heavy atom. The number of hydrogen-bond acceptors (Lipinski definition) is 2. The third-order valence-corrected chi connectivity index (χ3v) is 3.97. The molecule has 0 atom stereocenters. The van der Waals surface area contributed by atoms with E-state index in [1.165, 1.54) is 5.56 Å². The van der Waals surface area contributed by atoms with Gasteiger partial charge in [-0.25, -0.2) is 4.79 Å². The molecule has 4 nitrogen and oxygen atoms in total. The summed E-state index contributed by atoms with van der Waals surface area (Å²) in [5.74, 6) is -0.937. The van der Waals surface area contributed by atoms with E-state index >= 15 is 0 Å². The Labute approximate surface area is 146 Å². The van der Waals surface area contributed by atoms with Gasteiger partial charge in [-0.2, -0.15) is 0 Å². The monoisotopic (exact) mass is 345 g/mol. The summed E-state index contributed by atoms with van der Waals surface area (Å²) in [7, 11) is 0. The number of rotatable bonds is 8. The smallest absolute Gasteiger partial charge is 0.335 e. The van der Waals surface area contributed by atoms with Gasteiger partial charge in [-0.3, -0.25) is 4.79 Å². The molecular formula is C19H20ClNO3. The van der Waals surface area contributed by atoms with Crippen LogP contribution in [0.1, 0.15) is 34.3 Å². The molecule has 0 aliphatic rings. The van der Waals surface area contributed by atoms with Crippen molar-refractivity contribution in [2.45, 2.75) is 25.7 Å². The molecule has 126 valence electrons. The number of nitrogens with one attached hydrogen (secondary N) is 1. The van der Waals surface area contributed by atoms with E-state index in [4.69, 9.17) is 16.7 Å². The summed E-state index contributed by atoms with van der Waals surface area (Å²) in [5.41, 5.74) is 2.41. The maximum absolute atomic E-state index is 11.8. The molecular weight excluding hydrogens is 326 g/mol. The predicted octanol–water partition coefficient (Wildman–Crippen LogP) is 3.72. The van der Waals surface area contributed by atoms with Crippen LogP contribution in [0.3, 0.4) is 0 Å². The van der Waals surface area contributed by atoms with Crippen molar-refractivity contribution in [3.05, 3.63) is 70.2 Å². The Kier molecular flexibility index (Phi) is 6.82. The number of aryl methyl sites for hydroxylation is 2. The van der Waals surface area contributed by atoms with Crippen LogP contribution in [0.25, 0.3) is 0 Å². The van der Waals surface area contributed by atoms with Crippen molar-refractivity contribution in [2.24, 2.45) is 0 Å². The lowest BCUT2D eigenvalue weighted by Gasteiger charge is -2.06. The van der Waals surface area contributed by atoms with E-state index in [2.05, 4.69) is 5.32 Å². The Bertz CT molecular complexity index is 681. The Morgan fingerprint density at radius 1 is 0.917 bits per heavy atom. The van der Waals surface area contributed by atoms with Crippen LogP contribution in [0.2, 0.25) is 5.02 Å². The fraction of sp³-hybridized carbons (Fsp3) is 0.263. The lowest BCUT2D eigenvalue weighted by atomic mass is 10.1. The van der Waals surface area contributed by atoms with E-state index in [-0.39, 0.29) is 11.5 Å². The number of carboxylic acid groups (broad SMARTS) is 1. The molecule has 0 saturated heterocycles. The van der Waals surface area contributed by atoms with Crippen molar-refractivity contribution in [2.75, 3.05) is 6.54 Å². The van der Waals surface area contributed by atoms with Gasteiger partial charge in [0, 0.05) is 18.0 Å². The normalized spacial score (nSPS) is 10.4. The number of halogens is 1. The average molecular weight is 346 g/mol. The molecule has 5 heteroatoms. The van der Waals surface area contributed by atoms with Crippen molar-refractivity contribution in [1.82, 2.24) is 5.32 Å². The summed E-state index contributed by atoms with van der Waals surface area (Å²) < 4.78 is 0. The van der Waals surface area contributed by atoms with Crippen LogP contribution in [0.4, 0.5) is 0 Å². The minimum Gasteiger partial charge on any atom is -0.478 e. The van der Waals surface area contributed by atoms with Crippen molar-refractivity contribution in [1.29, 1.82) is 0 Å². The number of amides is 1. The van der Waals surface area contributed by atoms with Crippen molar-refractivity contribution in [3.63, 3.8) is 0 Å². The molecule has 0 spiro atoms. The second kappa shape index (κ2) is 9.08. The Balaban J connectivity index is 1.64. The van der Waals surface area contributed by atoms with E-state index in [0.29, 0.717) is 19.4 Å². The zero-order valence-electron chi connectivity index (χ0n) is 13.3. The van der Waals surface area contributed by atoms with E-state index in [1.807, 2.05) is 24.3 Å². The largest absolute Gasteiger partial charge is 0.478 e. The van der Waals surface area contributed by atoms with Gasteiger partial charge in [-0.1, -0.05) is 35.9 Å². The first-order valence-electron chi connectivity index (χ1n) is 7.88. The predicted molar refractivity (Wildman–Crippen MR) is 94.5 cm³/mol. The first-order valence-corrected chi connectivity index (χ1v) is 8.26. The molecule has 0 aliphatic carbocycles. The fourth-order valence-electron chi connectivity index (χ4n) is 2.33. The molecule has 2 aromatic carbocycles. The van der Waals surface area contributed by atoms with Gasteiger partial charge in [0.15, 0.2) is 0 Å². The third kappa shape index (κ3) is 6.05. The molecule has 0 unspecified atom stereocenters. The van der Waals surface area contributed by atoms with Crippen LogP contribution in [0, 0.1) is 0 Å². The molecule has 0 bridgehead atoms. The first-order chi connectivity index (χ1) is 11.5. The van der Waals surface area contributed by atoms with Crippen LogP contribution in [-0.2, 0) is 17.6 Å². The van der Waals surface area contributed by atoms with E-state index in [9.17, 15) is 9.59 Å². The van der Waals surface area contributed by atoms with Crippen LogP contribution in [-0.4, -0.2) is 23.5 Å². The molecule has 1 amide bonds. The third-order valence-electron chi connectivity index (χ3n) is 3.72. The number of aromatic carboxylic acids is 1. The van der Waals surface area contributed by atoms with Crippen LogP contribution < -0.4 is 5.32 Å². The van der Waals surface area contributed by atoms with Gasteiger partial charge in [0.05, 0.1) is 5.56 Å². The van der Waals surface area contributed by atoms with Crippen LogP contribution in [0.15, 0.2) is 48.5 Å². The molecule has 0 saturated carbocycles. The number of carbonyl (C=O) groups excluding carboxylic acids is 1. The average Bonchev–Trinajstić information content (AvgIpc) is 2.59. The molecule has 0 aliphatic heterocycles. The molecule has 0 aromatic heterocycles. The van der Waals surface area contributed by atoms with Gasteiger partial charge in [0.1, 0.15) is 0 Å². The zero-order chi connectivity index (χ0) is 17.4. The molecule has 0 heterocycles. The van der Waals surface area contributed by atoms with Crippen molar-refractivity contribution >= 4 is 23.5 Å². The maximum atomic E-state index is 11.8. The minimum atomic E-state index is -0.944. The second-order valence-corrected chi connectivity index (χ2v) is 6.02. The molecule has 2 N–H and O–H groups in total. The highest BCUT2D eigenvalue weighted by molar-refractivity contribution is 6.30. The summed E-state index contributed by atoms with van der Waals surface area (Å²) in [6.07, 6.45) is 2.77.